The molecular formula is C25H29ClF2N6O4. The third-order valence-electron chi connectivity index (χ3n) is 6.91. The van der Waals surface area contributed by atoms with E-state index in [2.05, 4.69) is 20.3 Å². The van der Waals surface area contributed by atoms with E-state index in [4.69, 9.17) is 21.1 Å². The molecule has 13 heteroatoms. The number of nitrogens with one attached hydrogen (secondary N) is 1. The van der Waals surface area contributed by atoms with Gasteiger partial charge in [0.25, 0.3) is 0 Å². The summed E-state index contributed by atoms with van der Waals surface area (Å²) in [6.45, 7) is 4.38. The maximum absolute atomic E-state index is 15.5. The Bertz CT molecular complexity index is 1360. The zero-order valence-electron chi connectivity index (χ0n) is 21.2. The van der Waals surface area contributed by atoms with Crippen molar-refractivity contribution < 1.29 is 28.2 Å². The summed E-state index contributed by atoms with van der Waals surface area (Å²) in [4.78, 5) is 26.9. The van der Waals surface area contributed by atoms with Crippen LogP contribution in [0, 0.1) is 5.82 Å². The Kier molecular flexibility index (Phi) is 7.38. The topological polar surface area (TPSA) is 115 Å². The number of ether oxygens (including phenoxy) is 2. The van der Waals surface area contributed by atoms with Crippen molar-refractivity contribution in [1.29, 1.82) is 0 Å². The third-order valence-corrected chi connectivity index (χ3v) is 7.18. The zero-order chi connectivity index (χ0) is 27.1. The van der Waals surface area contributed by atoms with Gasteiger partial charge >= 0.3 is 6.09 Å². The predicted molar refractivity (Wildman–Crippen MR) is 136 cm³/mol. The Morgan fingerprint density at radius 1 is 1.34 bits per heavy atom. The molecule has 0 aliphatic carbocycles. The Labute approximate surface area is 222 Å². The molecule has 4 heterocycles. The summed E-state index contributed by atoms with van der Waals surface area (Å²) in [5, 5.41) is 13.5. The number of anilines is 1. The summed E-state index contributed by atoms with van der Waals surface area (Å²) in [6.07, 6.45) is -0.614. The van der Waals surface area contributed by atoms with Crippen LogP contribution in [-0.4, -0.2) is 80.8 Å². The fourth-order valence-electron chi connectivity index (χ4n) is 5.13. The lowest BCUT2D eigenvalue weighted by atomic mass is 10.1. The molecule has 0 spiro atoms. The van der Waals surface area contributed by atoms with Gasteiger partial charge in [-0.05, 0) is 32.4 Å². The van der Waals surface area contributed by atoms with Crippen LogP contribution >= 0.6 is 11.6 Å². The number of methoxy groups -OCH3 is 1. The first-order chi connectivity index (χ1) is 18.2. The molecule has 3 aromatic rings. The van der Waals surface area contributed by atoms with E-state index in [0.29, 0.717) is 35.6 Å². The molecule has 5 rings (SSSR count). The number of amides is 1. The highest BCUT2D eigenvalue weighted by molar-refractivity contribution is 6.33. The van der Waals surface area contributed by atoms with Crippen LogP contribution in [0.1, 0.15) is 44.6 Å². The molecule has 10 nitrogen and oxygen atoms in total. The Morgan fingerprint density at radius 3 is 2.84 bits per heavy atom. The average molecular weight is 551 g/mol. The van der Waals surface area contributed by atoms with E-state index in [1.165, 1.54) is 24.3 Å². The number of carbonyl (C=O) groups excluding carboxylic acids is 1. The number of imidazole rings is 1. The van der Waals surface area contributed by atoms with E-state index in [0.717, 1.165) is 0 Å². The predicted octanol–water partition coefficient (Wildman–Crippen LogP) is 4.28. The van der Waals surface area contributed by atoms with Gasteiger partial charge < -0.3 is 24.5 Å². The van der Waals surface area contributed by atoms with E-state index < -0.39 is 30.2 Å². The number of hydrogen-bond donors (Lipinski definition) is 2. The van der Waals surface area contributed by atoms with E-state index >= 15 is 4.39 Å². The number of benzene rings is 1. The van der Waals surface area contributed by atoms with Gasteiger partial charge in [-0.2, -0.15) is 0 Å². The van der Waals surface area contributed by atoms with Crippen molar-refractivity contribution in [2.24, 2.45) is 0 Å². The number of likely N-dealkylation sites (tertiary alicyclic amines) is 1. The first-order valence-electron chi connectivity index (χ1n) is 12.4. The van der Waals surface area contributed by atoms with E-state index in [-0.39, 0.29) is 48.1 Å². The van der Waals surface area contributed by atoms with Crippen LogP contribution in [0.2, 0.25) is 5.02 Å². The van der Waals surface area contributed by atoms with E-state index in [1.54, 1.807) is 10.6 Å². The summed E-state index contributed by atoms with van der Waals surface area (Å²) in [7, 11) is 1.24. The van der Waals surface area contributed by atoms with E-state index in [9.17, 15) is 14.3 Å². The molecule has 2 aromatic heterocycles. The number of nitrogens with zero attached hydrogens (tertiary/aromatic N) is 5. The van der Waals surface area contributed by atoms with Crippen molar-refractivity contribution in [2.75, 3.05) is 32.2 Å². The second kappa shape index (κ2) is 10.6. The van der Waals surface area contributed by atoms with Gasteiger partial charge in [0.1, 0.15) is 17.5 Å². The average Bonchev–Trinajstić information content (AvgIpc) is 3.47. The van der Waals surface area contributed by atoms with Crippen LogP contribution in [0.4, 0.5) is 19.5 Å². The minimum absolute atomic E-state index is 0.0322. The monoisotopic (exact) mass is 550 g/mol. The molecule has 2 N–H and O–H groups in total. The smallest absolute Gasteiger partial charge is 0.410 e. The molecule has 1 aromatic carbocycles. The molecule has 38 heavy (non-hydrogen) atoms. The summed E-state index contributed by atoms with van der Waals surface area (Å²) < 4.78 is 41.9. The summed E-state index contributed by atoms with van der Waals surface area (Å²) >= 11 is 6.44. The fraction of sp³-hybridized carbons (Fsp3) is 0.520. The number of carbonyl (C=O) groups is 1. The summed E-state index contributed by atoms with van der Waals surface area (Å²) in [5.41, 5.74) is 1.25. The number of aliphatic hydroxyl groups is 1. The third kappa shape index (κ3) is 4.87. The molecule has 2 aliphatic heterocycles. The molecule has 204 valence electrons. The fourth-order valence-corrected chi connectivity index (χ4v) is 5.33. The minimum Gasteiger partial charge on any atom is -0.453 e. The van der Waals surface area contributed by atoms with Crippen LogP contribution in [0.15, 0.2) is 18.3 Å². The molecular weight excluding hydrogens is 522 g/mol. The van der Waals surface area contributed by atoms with Gasteiger partial charge in [-0.3, -0.25) is 4.90 Å². The number of aromatic nitrogens is 4. The minimum atomic E-state index is -1.25. The second-order valence-corrected chi connectivity index (χ2v) is 10.2. The van der Waals surface area contributed by atoms with Gasteiger partial charge in [0.2, 0.25) is 5.95 Å². The number of fused-ring (bicyclic) bond motifs is 1. The van der Waals surface area contributed by atoms with Crippen LogP contribution < -0.4 is 5.32 Å². The number of halogens is 3. The molecule has 0 saturated carbocycles. The van der Waals surface area contributed by atoms with Crippen molar-refractivity contribution in [1.82, 2.24) is 24.4 Å². The standard InChI is InChI=1S/C25H29ClF2N6O4/c1-12(2)34-18-7-13(21-15(26)9-29-24(32-21)30-17-4-5-38-11-20(17)35)6-16(28)22(18)31-23(34)19-8-14(27)10-33(19)25(36)37-3/h6-7,9,12,14,17,19-20,35H,4-5,8,10-11H2,1-3H3,(H,29,30,32)/t14-,17+,19+,20+/m0/s1. The number of hydrogen-bond acceptors (Lipinski definition) is 8. The normalized spacial score (nSPS) is 23.8. The molecule has 2 fully saturated rings. The Hall–Kier alpha value is -3.09. The SMILES string of the molecule is COC(=O)N1C[C@@H](F)C[C@@H]1c1nc2c(F)cc(-c3nc(N[C@@H]4CCOC[C@H]4O)ncc3Cl)cc2n1C(C)C. The van der Waals surface area contributed by atoms with Gasteiger partial charge in [-0.25, -0.2) is 28.5 Å². The molecule has 2 saturated heterocycles. The molecule has 1 amide bonds. The lowest BCUT2D eigenvalue weighted by Gasteiger charge is -2.28. The van der Waals surface area contributed by atoms with Gasteiger partial charge in [0.05, 0.1) is 60.9 Å². The largest absolute Gasteiger partial charge is 0.453 e. The van der Waals surface area contributed by atoms with Crippen LogP contribution in [-0.2, 0) is 9.47 Å². The molecule has 2 aliphatic rings. The quantitative estimate of drug-likeness (QED) is 0.484. The summed E-state index contributed by atoms with van der Waals surface area (Å²) in [6, 6.07) is 1.82. The summed E-state index contributed by atoms with van der Waals surface area (Å²) in [5.74, 6) is 0.00502. The van der Waals surface area contributed by atoms with Crippen LogP contribution in [0.3, 0.4) is 0 Å². The highest BCUT2D eigenvalue weighted by atomic mass is 35.5. The van der Waals surface area contributed by atoms with Crippen LogP contribution in [0.5, 0.6) is 0 Å². The van der Waals surface area contributed by atoms with Crippen molar-refractivity contribution in [2.45, 2.75) is 57.1 Å². The first-order valence-corrected chi connectivity index (χ1v) is 12.8. The highest BCUT2D eigenvalue weighted by Crippen LogP contribution is 2.39. The Morgan fingerprint density at radius 2 is 2.13 bits per heavy atom. The number of alkyl halides is 1. The molecule has 4 atom stereocenters. The molecule has 0 unspecified atom stereocenters. The van der Waals surface area contributed by atoms with Gasteiger partial charge in [0, 0.05) is 24.6 Å². The van der Waals surface area contributed by atoms with Gasteiger partial charge in [-0.1, -0.05) is 11.6 Å². The lowest BCUT2D eigenvalue weighted by Crippen LogP contribution is -2.42. The number of aliphatic hydroxyl groups excluding tert-OH is 1. The molecule has 0 bridgehead atoms. The van der Waals surface area contributed by atoms with Crippen molar-refractivity contribution >= 4 is 34.7 Å². The lowest BCUT2D eigenvalue weighted by molar-refractivity contribution is -0.0136. The highest BCUT2D eigenvalue weighted by Gasteiger charge is 2.40. The Balaban J connectivity index is 1.58. The van der Waals surface area contributed by atoms with Crippen molar-refractivity contribution in [3.63, 3.8) is 0 Å². The number of rotatable bonds is 5. The van der Waals surface area contributed by atoms with Gasteiger partial charge in [-0.15, -0.1) is 0 Å². The van der Waals surface area contributed by atoms with Crippen molar-refractivity contribution in [3.05, 3.63) is 35.0 Å². The maximum Gasteiger partial charge on any atom is 0.410 e. The second-order valence-electron chi connectivity index (χ2n) is 9.80. The molecule has 0 radical (unpaired) electrons. The van der Waals surface area contributed by atoms with Gasteiger partial charge in [0.15, 0.2) is 5.82 Å². The van der Waals surface area contributed by atoms with E-state index in [1.807, 2.05) is 13.8 Å². The van der Waals surface area contributed by atoms with Crippen LogP contribution in [0.25, 0.3) is 22.3 Å². The zero-order valence-corrected chi connectivity index (χ0v) is 22.0. The van der Waals surface area contributed by atoms with Crippen molar-refractivity contribution in [3.8, 4) is 11.3 Å². The first kappa shape index (κ1) is 26.5. The maximum atomic E-state index is 15.5.